The highest BCUT2D eigenvalue weighted by Crippen LogP contribution is 2.31. The van der Waals surface area contributed by atoms with Crippen molar-refractivity contribution in [3.63, 3.8) is 0 Å². The van der Waals surface area contributed by atoms with E-state index in [1.165, 1.54) is 31.0 Å². The van der Waals surface area contributed by atoms with Gasteiger partial charge in [0, 0.05) is 5.56 Å². The van der Waals surface area contributed by atoms with Crippen LogP contribution in [0.4, 0.5) is 4.39 Å². The van der Waals surface area contributed by atoms with Gasteiger partial charge in [0.25, 0.3) is 0 Å². The van der Waals surface area contributed by atoms with Crippen molar-refractivity contribution >= 4 is 11.9 Å². The van der Waals surface area contributed by atoms with Gasteiger partial charge in [0.1, 0.15) is 29.4 Å². The molecule has 1 aromatic heterocycles. The number of hydrogen-bond acceptors (Lipinski definition) is 6. The molecular formula is C26H21FN2O5. The molecule has 0 radical (unpaired) electrons. The van der Waals surface area contributed by atoms with Gasteiger partial charge < -0.3 is 14.2 Å². The third-order valence-electron chi connectivity index (χ3n) is 5.06. The molecule has 0 bridgehead atoms. The van der Waals surface area contributed by atoms with E-state index in [0.717, 1.165) is 0 Å². The zero-order chi connectivity index (χ0) is 24.1. The predicted molar refractivity (Wildman–Crippen MR) is 122 cm³/mol. The molecule has 0 spiro atoms. The van der Waals surface area contributed by atoms with E-state index in [-0.39, 0.29) is 29.4 Å². The van der Waals surface area contributed by atoms with Crippen LogP contribution >= 0.6 is 0 Å². The summed E-state index contributed by atoms with van der Waals surface area (Å²) in [5.41, 5.74) is 1.91. The maximum Gasteiger partial charge on any atom is 0.357 e. The van der Waals surface area contributed by atoms with E-state index in [1.54, 1.807) is 60.7 Å². The fourth-order valence-corrected chi connectivity index (χ4v) is 3.48. The van der Waals surface area contributed by atoms with Gasteiger partial charge in [-0.05, 0) is 42.0 Å². The molecule has 0 N–H and O–H groups in total. The van der Waals surface area contributed by atoms with Gasteiger partial charge >= 0.3 is 11.9 Å². The third-order valence-corrected chi connectivity index (χ3v) is 5.06. The largest absolute Gasteiger partial charge is 0.489 e. The summed E-state index contributed by atoms with van der Waals surface area (Å²) in [6, 6.07) is 21.9. The third kappa shape index (κ3) is 4.66. The van der Waals surface area contributed by atoms with Crippen LogP contribution < -0.4 is 4.74 Å². The topological polar surface area (TPSA) is 79.7 Å². The SMILES string of the molecule is COC(=O)c1c(-c2cccc(OCc3cccc(F)c3)c2)nn(-c2ccccc2)c1C(=O)OC. The Balaban J connectivity index is 1.79. The second kappa shape index (κ2) is 9.99. The molecule has 0 saturated carbocycles. The molecular weight excluding hydrogens is 439 g/mol. The monoisotopic (exact) mass is 460 g/mol. The quantitative estimate of drug-likeness (QED) is 0.368. The molecule has 172 valence electrons. The molecule has 0 atom stereocenters. The zero-order valence-electron chi connectivity index (χ0n) is 18.5. The Morgan fingerprint density at radius 3 is 2.32 bits per heavy atom. The number of hydrogen-bond donors (Lipinski definition) is 0. The predicted octanol–water partition coefficient (Wildman–Crippen LogP) is 4.83. The van der Waals surface area contributed by atoms with Gasteiger partial charge in [0.15, 0.2) is 5.69 Å². The maximum atomic E-state index is 13.5. The number of carbonyl (C=O) groups excluding carboxylic acids is 2. The normalized spacial score (nSPS) is 10.6. The first-order valence-electron chi connectivity index (χ1n) is 10.3. The second-order valence-corrected chi connectivity index (χ2v) is 7.25. The van der Waals surface area contributed by atoms with Crippen molar-refractivity contribution < 1.29 is 28.2 Å². The Hall–Kier alpha value is -4.46. The molecule has 4 aromatic rings. The van der Waals surface area contributed by atoms with E-state index < -0.39 is 11.9 Å². The Morgan fingerprint density at radius 1 is 0.882 bits per heavy atom. The Bertz CT molecular complexity index is 1330. The van der Waals surface area contributed by atoms with Gasteiger partial charge in [-0.2, -0.15) is 5.10 Å². The van der Waals surface area contributed by atoms with Crippen molar-refractivity contribution in [1.82, 2.24) is 9.78 Å². The van der Waals surface area contributed by atoms with Crippen LogP contribution in [0.1, 0.15) is 26.4 Å². The van der Waals surface area contributed by atoms with Gasteiger partial charge in [0.2, 0.25) is 0 Å². The van der Waals surface area contributed by atoms with Crippen molar-refractivity contribution in [3.05, 3.63) is 102 Å². The molecule has 1 heterocycles. The molecule has 0 aliphatic heterocycles. The Morgan fingerprint density at radius 2 is 1.62 bits per heavy atom. The fraction of sp³-hybridized carbons (Fsp3) is 0.115. The highest BCUT2D eigenvalue weighted by Gasteiger charge is 2.31. The molecule has 7 nitrogen and oxygen atoms in total. The molecule has 0 saturated heterocycles. The molecule has 0 aliphatic rings. The summed E-state index contributed by atoms with van der Waals surface area (Å²) in [4.78, 5) is 25.5. The lowest BCUT2D eigenvalue weighted by atomic mass is 10.1. The van der Waals surface area contributed by atoms with Gasteiger partial charge in [-0.15, -0.1) is 0 Å². The lowest BCUT2D eigenvalue weighted by Gasteiger charge is -2.08. The zero-order valence-corrected chi connectivity index (χ0v) is 18.5. The number of ether oxygens (including phenoxy) is 3. The number of rotatable bonds is 7. The minimum absolute atomic E-state index is 0.0273. The van der Waals surface area contributed by atoms with E-state index in [4.69, 9.17) is 14.2 Å². The van der Waals surface area contributed by atoms with E-state index in [1.807, 2.05) is 6.07 Å². The second-order valence-electron chi connectivity index (χ2n) is 7.25. The van der Waals surface area contributed by atoms with Crippen LogP contribution in [0.15, 0.2) is 78.9 Å². The van der Waals surface area contributed by atoms with Gasteiger partial charge in [0.05, 0.1) is 19.9 Å². The number of aromatic nitrogens is 2. The van der Waals surface area contributed by atoms with Crippen LogP contribution in [-0.4, -0.2) is 35.9 Å². The van der Waals surface area contributed by atoms with Crippen LogP contribution in [0.3, 0.4) is 0 Å². The summed E-state index contributed by atoms with van der Waals surface area (Å²) in [7, 11) is 2.46. The van der Waals surface area contributed by atoms with Crippen LogP contribution in [0.2, 0.25) is 0 Å². The Kier molecular flexibility index (Phi) is 6.68. The average molecular weight is 460 g/mol. The molecule has 3 aromatic carbocycles. The summed E-state index contributed by atoms with van der Waals surface area (Å²) >= 11 is 0. The fourth-order valence-electron chi connectivity index (χ4n) is 3.48. The molecule has 4 rings (SSSR count). The molecule has 8 heteroatoms. The summed E-state index contributed by atoms with van der Waals surface area (Å²) in [5, 5.41) is 4.57. The number of methoxy groups -OCH3 is 2. The minimum atomic E-state index is -0.735. The van der Waals surface area contributed by atoms with Crippen molar-refractivity contribution in [2.45, 2.75) is 6.61 Å². The smallest absolute Gasteiger partial charge is 0.357 e. The number of nitrogens with zero attached hydrogens (tertiary/aromatic N) is 2. The molecule has 0 amide bonds. The van der Waals surface area contributed by atoms with E-state index in [2.05, 4.69) is 5.10 Å². The number of halogens is 1. The molecule has 34 heavy (non-hydrogen) atoms. The molecule has 0 aliphatic carbocycles. The molecule has 0 unspecified atom stereocenters. The van der Waals surface area contributed by atoms with Gasteiger partial charge in [-0.3, -0.25) is 0 Å². The number of para-hydroxylation sites is 1. The first-order valence-corrected chi connectivity index (χ1v) is 10.3. The van der Waals surface area contributed by atoms with Crippen molar-refractivity contribution in [1.29, 1.82) is 0 Å². The van der Waals surface area contributed by atoms with Gasteiger partial charge in [-0.1, -0.05) is 42.5 Å². The van der Waals surface area contributed by atoms with Crippen molar-refractivity contribution in [2.24, 2.45) is 0 Å². The van der Waals surface area contributed by atoms with Crippen LogP contribution in [0, 0.1) is 5.82 Å². The van der Waals surface area contributed by atoms with Crippen LogP contribution in [0.5, 0.6) is 5.75 Å². The van der Waals surface area contributed by atoms with E-state index >= 15 is 0 Å². The van der Waals surface area contributed by atoms with Crippen LogP contribution in [-0.2, 0) is 16.1 Å². The number of esters is 2. The standard InChI is InChI=1S/C26H21FN2O5/c1-32-25(30)22-23(28-29(24(22)26(31)33-2)20-11-4-3-5-12-20)18-9-7-13-21(15-18)34-16-17-8-6-10-19(27)14-17/h3-15H,16H2,1-2H3. The van der Waals surface area contributed by atoms with Crippen molar-refractivity contribution in [2.75, 3.05) is 14.2 Å². The minimum Gasteiger partial charge on any atom is -0.489 e. The first-order chi connectivity index (χ1) is 16.5. The van der Waals surface area contributed by atoms with Crippen LogP contribution in [0.25, 0.3) is 16.9 Å². The summed E-state index contributed by atoms with van der Waals surface area (Å²) in [6.07, 6.45) is 0. The van der Waals surface area contributed by atoms with Crippen molar-refractivity contribution in [3.8, 4) is 22.7 Å². The average Bonchev–Trinajstić information content (AvgIpc) is 3.28. The summed E-state index contributed by atoms with van der Waals surface area (Å²) in [6.45, 7) is 0.150. The van der Waals surface area contributed by atoms with Gasteiger partial charge in [-0.25, -0.2) is 18.7 Å². The van der Waals surface area contributed by atoms with E-state index in [9.17, 15) is 14.0 Å². The lowest BCUT2D eigenvalue weighted by Crippen LogP contribution is -2.15. The molecule has 0 fully saturated rings. The highest BCUT2D eigenvalue weighted by molar-refractivity contribution is 6.06. The summed E-state index contributed by atoms with van der Waals surface area (Å²) in [5.74, 6) is -1.34. The maximum absolute atomic E-state index is 13.5. The number of carbonyl (C=O) groups is 2. The lowest BCUT2D eigenvalue weighted by molar-refractivity contribution is 0.0549. The highest BCUT2D eigenvalue weighted by atomic mass is 19.1. The first kappa shape index (κ1) is 22.7. The van der Waals surface area contributed by atoms with E-state index in [0.29, 0.717) is 22.6 Å². The number of benzene rings is 3. The Labute approximate surface area is 195 Å². The summed E-state index contributed by atoms with van der Waals surface area (Å²) < 4.78 is 30.5.